The first-order valence-electron chi connectivity index (χ1n) is 6.16. The number of hydrogen-bond donors (Lipinski definition) is 1. The van der Waals surface area contributed by atoms with E-state index in [-0.39, 0.29) is 17.8 Å². The van der Waals surface area contributed by atoms with Gasteiger partial charge in [0.2, 0.25) is 0 Å². The molecule has 0 aromatic heterocycles. The molecule has 0 spiro atoms. The van der Waals surface area contributed by atoms with Crippen LogP contribution in [-0.4, -0.2) is 33.4 Å². The molecule has 1 N–H and O–H groups in total. The van der Waals surface area contributed by atoms with Crippen LogP contribution in [0.25, 0.3) is 0 Å². The SMILES string of the molecule is COCCNC(C)C(C)c1ccc(OC)cc1F. The lowest BCUT2D eigenvalue weighted by Crippen LogP contribution is -2.33. The van der Waals surface area contributed by atoms with Gasteiger partial charge >= 0.3 is 0 Å². The Balaban J connectivity index is 2.67. The molecule has 0 amide bonds. The first-order chi connectivity index (χ1) is 8.60. The molecule has 0 bridgehead atoms. The Morgan fingerprint density at radius 2 is 2.00 bits per heavy atom. The van der Waals surface area contributed by atoms with E-state index in [2.05, 4.69) is 5.32 Å². The normalized spacial score (nSPS) is 14.3. The van der Waals surface area contributed by atoms with Crippen LogP contribution in [-0.2, 0) is 4.74 Å². The molecule has 2 atom stereocenters. The van der Waals surface area contributed by atoms with Gasteiger partial charge in [-0.1, -0.05) is 13.0 Å². The summed E-state index contributed by atoms with van der Waals surface area (Å²) in [6, 6.07) is 5.18. The summed E-state index contributed by atoms with van der Waals surface area (Å²) >= 11 is 0. The predicted molar refractivity (Wildman–Crippen MR) is 70.7 cm³/mol. The van der Waals surface area contributed by atoms with E-state index in [1.165, 1.54) is 13.2 Å². The van der Waals surface area contributed by atoms with Crippen molar-refractivity contribution in [2.45, 2.75) is 25.8 Å². The van der Waals surface area contributed by atoms with Crippen LogP contribution in [0, 0.1) is 5.82 Å². The smallest absolute Gasteiger partial charge is 0.130 e. The predicted octanol–water partition coefficient (Wildman–Crippen LogP) is 2.56. The van der Waals surface area contributed by atoms with Gasteiger partial charge in [0, 0.05) is 25.8 Å². The fraction of sp³-hybridized carbons (Fsp3) is 0.571. The van der Waals surface area contributed by atoms with Gasteiger partial charge in [0.25, 0.3) is 0 Å². The second kappa shape index (κ2) is 7.34. The minimum Gasteiger partial charge on any atom is -0.497 e. The van der Waals surface area contributed by atoms with Crippen molar-refractivity contribution in [2.75, 3.05) is 27.4 Å². The lowest BCUT2D eigenvalue weighted by Gasteiger charge is -2.22. The minimum atomic E-state index is -0.220. The number of methoxy groups -OCH3 is 2. The topological polar surface area (TPSA) is 30.5 Å². The molecule has 0 saturated carbocycles. The van der Waals surface area contributed by atoms with Gasteiger partial charge < -0.3 is 14.8 Å². The lowest BCUT2D eigenvalue weighted by molar-refractivity contribution is 0.195. The fourth-order valence-corrected chi connectivity index (χ4v) is 1.84. The van der Waals surface area contributed by atoms with Gasteiger partial charge in [0.1, 0.15) is 11.6 Å². The van der Waals surface area contributed by atoms with Crippen molar-refractivity contribution in [3.8, 4) is 5.75 Å². The van der Waals surface area contributed by atoms with Crippen LogP contribution in [0.4, 0.5) is 4.39 Å². The van der Waals surface area contributed by atoms with E-state index in [4.69, 9.17) is 9.47 Å². The summed E-state index contributed by atoms with van der Waals surface area (Å²) in [5.41, 5.74) is 0.702. The van der Waals surface area contributed by atoms with Gasteiger partial charge in [-0.25, -0.2) is 4.39 Å². The van der Waals surface area contributed by atoms with Crippen molar-refractivity contribution in [3.63, 3.8) is 0 Å². The van der Waals surface area contributed by atoms with Crippen molar-refractivity contribution >= 4 is 0 Å². The molecular weight excluding hydrogens is 233 g/mol. The number of benzene rings is 1. The third-order valence-electron chi connectivity index (χ3n) is 3.22. The summed E-state index contributed by atoms with van der Waals surface area (Å²) in [5.74, 6) is 0.415. The van der Waals surface area contributed by atoms with Crippen molar-refractivity contribution in [2.24, 2.45) is 0 Å². The first kappa shape index (κ1) is 14.9. The van der Waals surface area contributed by atoms with Gasteiger partial charge in [-0.05, 0) is 24.5 Å². The number of ether oxygens (including phenoxy) is 2. The van der Waals surface area contributed by atoms with Crippen LogP contribution >= 0.6 is 0 Å². The quantitative estimate of drug-likeness (QED) is 0.760. The van der Waals surface area contributed by atoms with Gasteiger partial charge in [-0.15, -0.1) is 0 Å². The molecule has 0 saturated heterocycles. The molecule has 0 aliphatic heterocycles. The largest absolute Gasteiger partial charge is 0.497 e. The summed E-state index contributed by atoms with van der Waals surface area (Å²) in [4.78, 5) is 0. The summed E-state index contributed by atoms with van der Waals surface area (Å²) < 4.78 is 23.9. The molecule has 3 nitrogen and oxygen atoms in total. The number of halogens is 1. The van der Waals surface area contributed by atoms with Crippen LogP contribution in [0.1, 0.15) is 25.3 Å². The maximum atomic E-state index is 13.9. The molecule has 1 rings (SSSR count). The van der Waals surface area contributed by atoms with Crippen LogP contribution in [0.5, 0.6) is 5.75 Å². The number of hydrogen-bond acceptors (Lipinski definition) is 3. The maximum Gasteiger partial charge on any atom is 0.130 e. The van der Waals surface area contributed by atoms with Crippen LogP contribution in [0.2, 0.25) is 0 Å². The molecule has 18 heavy (non-hydrogen) atoms. The average Bonchev–Trinajstić information content (AvgIpc) is 2.38. The van der Waals surface area contributed by atoms with E-state index in [0.29, 0.717) is 17.9 Å². The van der Waals surface area contributed by atoms with Crippen molar-refractivity contribution in [1.29, 1.82) is 0 Å². The zero-order valence-corrected chi connectivity index (χ0v) is 11.5. The molecule has 0 radical (unpaired) electrons. The summed E-state index contributed by atoms with van der Waals surface area (Å²) in [5, 5.41) is 3.31. The van der Waals surface area contributed by atoms with Gasteiger partial charge in [-0.2, -0.15) is 0 Å². The van der Waals surface area contributed by atoms with E-state index in [0.717, 1.165) is 6.54 Å². The molecule has 0 heterocycles. The zero-order chi connectivity index (χ0) is 13.5. The third kappa shape index (κ3) is 3.96. The van der Waals surface area contributed by atoms with Crippen LogP contribution < -0.4 is 10.1 Å². The Labute approximate surface area is 108 Å². The van der Waals surface area contributed by atoms with E-state index >= 15 is 0 Å². The standard InChI is InChI=1S/C14H22FNO2/c1-10(11(2)16-7-8-17-3)13-6-5-12(18-4)9-14(13)15/h5-6,9-11,16H,7-8H2,1-4H3. The Morgan fingerprint density at radius 1 is 1.28 bits per heavy atom. The van der Waals surface area contributed by atoms with E-state index in [9.17, 15) is 4.39 Å². The van der Waals surface area contributed by atoms with Crippen molar-refractivity contribution < 1.29 is 13.9 Å². The maximum absolute atomic E-state index is 13.9. The molecule has 2 unspecified atom stereocenters. The van der Waals surface area contributed by atoms with E-state index in [1.807, 2.05) is 13.8 Å². The summed E-state index contributed by atoms with van der Waals surface area (Å²) in [6.45, 7) is 5.47. The van der Waals surface area contributed by atoms with Crippen molar-refractivity contribution in [1.82, 2.24) is 5.32 Å². The van der Waals surface area contributed by atoms with Crippen LogP contribution in [0.15, 0.2) is 18.2 Å². The molecule has 102 valence electrons. The Morgan fingerprint density at radius 3 is 2.56 bits per heavy atom. The molecule has 0 aliphatic rings. The molecule has 1 aromatic carbocycles. The molecule has 1 aromatic rings. The average molecular weight is 255 g/mol. The highest BCUT2D eigenvalue weighted by Crippen LogP contribution is 2.25. The Kier molecular flexibility index (Phi) is 6.09. The highest BCUT2D eigenvalue weighted by Gasteiger charge is 2.17. The number of nitrogens with one attached hydrogen (secondary N) is 1. The zero-order valence-electron chi connectivity index (χ0n) is 11.5. The van der Waals surface area contributed by atoms with E-state index < -0.39 is 0 Å². The highest BCUT2D eigenvalue weighted by atomic mass is 19.1. The van der Waals surface area contributed by atoms with Gasteiger partial charge in [-0.3, -0.25) is 0 Å². The first-order valence-corrected chi connectivity index (χ1v) is 6.16. The third-order valence-corrected chi connectivity index (χ3v) is 3.22. The summed E-state index contributed by atoms with van der Waals surface area (Å²) in [7, 11) is 3.20. The molecule has 0 aliphatic carbocycles. The Hall–Kier alpha value is -1.13. The summed E-state index contributed by atoms with van der Waals surface area (Å²) in [6.07, 6.45) is 0. The second-order valence-electron chi connectivity index (χ2n) is 4.41. The molecular formula is C14H22FNO2. The Bertz CT molecular complexity index is 371. The minimum absolute atomic E-state index is 0.0905. The monoisotopic (exact) mass is 255 g/mol. The van der Waals surface area contributed by atoms with Gasteiger partial charge in [0.15, 0.2) is 0 Å². The second-order valence-corrected chi connectivity index (χ2v) is 4.41. The van der Waals surface area contributed by atoms with Crippen LogP contribution in [0.3, 0.4) is 0 Å². The lowest BCUT2D eigenvalue weighted by atomic mass is 9.94. The highest BCUT2D eigenvalue weighted by molar-refractivity contribution is 5.31. The van der Waals surface area contributed by atoms with E-state index in [1.54, 1.807) is 19.2 Å². The van der Waals surface area contributed by atoms with Crippen molar-refractivity contribution in [3.05, 3.63) is 29.6 Å². The molecule has 4 heteroatoms. The van der Waals surface area contributed by atoms with Gasteiger partial charge in [0.05, 0.1) is 13.7 Å². The number of rotatable bonds is 7. The fourth-order valence-electron chi connectivity index (χ4n) is 1.84. The molecule has 0 fully saturated rings.